The summed E-state index contributed by atoms with van der Waals surface area (Å²) >= 11 is 12.2. The maximum absolute atomic E-state index is 12.9. The average Bonchev–Trinajstić information content (AvgIpc) is 2.76. The summed E-state index contributed by atoms with van der Waals surface area (Å²) in [6, 6.07) is 15.7. The van der Waals surface area contributed by atoms with Gasteiger partial charge in [0.1, 0.15) is 16.4 Å². The second kappa shape index (κ2) is 9.79. The third-order valence-electron chi connectivity index (χ3n) is 4.43. The molecule has 0 atom stereocenters. The largest absolute Gasteiger partial charge is 0.497 e. The summed E-state index contributed by atoms with van der Waals surface area (Å²) in [6.07, 6.45) is 0. The topological polar surface area (TPSA) is 84.9 Å². The van der Waals surface area contributed by atoms with Crippen LogP contribution in [0.1, 0.15) is 10.4 Å². The van der Waals surface area contributed by atoms with Crippen molar-refractivity contribution in [1.82, 2.24) is 4.31 Å². The molecule has 0 aliphatic heterocycles. The highest BCUT2D eigenvalue weighted by Gasteiger charge is 2.23. The van der Waals surface area contributed by atoms with E-state index in [1.807, 2.05) is 0 Å². The fraction of sp³-hybridized carbons (Fsp3) is 0.136. The van der Waals surface area contributed by atoms with Crippen molar-refractivity contribution in [3.05, 3.63) is 76.3 Å². The number of rotatable bonds is 7. The molecule has 0 unspecified atom stereocenters. The first-order chi connectivity index (χ1) is 15.1. The van der Waals surface area contributed by atoms with Crippen LogP contribution in [-0.2, 0) is 10.0 Å². The summed E-state index contributed by atoms with van der Waals surface area (Å²) in [4.78, 5) is 12.7. The Hall–Kier alpha value is -2.78. The molecule has 0 aliphatic carbocycles. The number of carbonyl (C=O) groups is 1. The van der Waals surface area contributed by atoms with Crippen molar-refractivity contribution < 1.29 is 22.7 Å². The van der Waals surface area contributed by atoms with E-state index in [1.165, 1.54) is 38.4 Å². The Morgan fingerprint density at radius 3 is 2.22 bits per heavy atom. The molecule has 1 N–H and O–H groups in total. The first-order valence-corrected chi connectivity index (χ1v) is 11.5. The van der Waals surface area contributed by atoms with Gasteiger partial charge in [0.2, 0.25) is 10.0 Å². The molecule has 0 aliphatic rings. The van der Waals surface area contributed by atoms with Gasteiger partial charge in [0, 0.05) is 24.7 Å². The lowest BCUT2D eigenvalue weighted by molar-refractivity contribution is 0.102. The molecule has 0 bridgehead atoms. The summed E-state index contributed by atoms with van der Waals surface area (Å²) in [5.74, 6) is 0.990. The Morgan fingerprint density at radius 1 is 0.938 bits per heavy atom. The van der Waals surface area contributed by atoms with Gasteiger partial charge in [-0.15, -0.1) is 0 Å². The van der Waals surface area contributed by atoms with Crippen LogP contribution < -0.4 is 14.8 Å². The van der Waals surface area contributed by atoms with Crippen molar-refractivity contribution >= 4 is 44.8 Å². The fourth-order valence-electron chi connectivity index (χ4n) is 2.69. The maximum Gasteiger partial charge on any atom is 0.255 e. The molecule has 0 spiro atoms. The van der Waals surface area contributed by atoms with E-state index in [4.69, 9.17) is 32.7 Å². The number of ether oxygens (including phenoxy) is 2. The van der Waals surface area contributed by atoms with Gasteiger partial charge in [-0.2, -0.15) is 0 Å². The zero-order valence-corrected chi connectivity index (χ0v) is 19.8. The van der Waals surface area contributed by atoms with Crippen LogP contribution in [0.3, 0.4) is 0 Å². The number of nitrogens with one attached hydrogen (secondary N) is 1. The summed E-state index contributed by atoms with van der Waals surface area (Å²) in [5, 5.41) is 3.11. The molecule has 0 saturated carbocycles. The highest BCUT2D eigenvalue weighted by molar-refractivity contribution is 7.89. The van der Waals surface area contributed by atoms with E-state index in [-0.39, 0.29) is 15.5 Å². The van der Waals surface area contributed by atoms with Crippen molar-refractivity contribution in [3.63, 3.8) is 0 Å². The number of hydrogen-bond donors (Lipinski definition) is 1. The number of sulfonamides is 1. The van der Waals surface area contributed by atoms with Gasteiger partial charge in [-0.25, -0.2) is 12.7 Å². The van der Waals surface area contributed by atoms with Crippen molar-refractivity contribution in [1.29, 1.82) is 0 Å². The minimum atomic E-state index is -3.83. The maximum atomic E-state index is 12.9. The first-order valence-electron chi connectivity index (χ1n) is 9.26. The molecule has 0 fully saturated rings. The van der Waals surface area contributed by atoms with Crippen LogP contribution in [0.4, 0.5) is 5.69 Å². The molecule has 32 heavy (non-hydrogen) atoms. The van der Waals surface area contributed by atoms with Gasteiger partial charge in [0.25, 0.3) is 5.91 Å². The van der Waals surface area contributed by atoms with Gasteiger partial charge < -0.3 is 14.8 Å². The Labute approximate surface area is 196 Å². The number of carbonyl (C=O) groups excluding carboxylic acids is 1. The lowest BCUT2D eigenvalue weighted by atomic mass is 10.2. The molecule has 3 rings (SSSR count). The minimum absolute atomic E-state index is 0.0153. The minimum Gasteiger partial charge on any atom is -0.497 e. The van der Waals surface area contributed by atoms with Crippen LogP contribution in [0.25, 0.3) is 0 Å². The number of methoxy groups -OCH3 is 1. The molecule has 0 heterocycles. The van der Waals surface area contributed by atoms with Crippen LogP contribution >= 0.6 is 23.2 Å². The summed E-state index contributed by atoms with van der Waals surface area (Å²) in [7, 11) is 0.496. The van der Waals surface area contributed by atoms with E-state index in [0.29, 0.717) is 28.0 Å². The lowest BCUT2D eigenvalue weighted by Gasteiger charge is -2.15. The van der Waals surface area contributed by atoms with Crippen molar-refractivity contribution in [2.75, 3.05) is 26.5 Å². The highest BCUT2D eigenvalue weighted by atomic mass is 35.5. The third kappa shape index (κ3) is 5.34. The van der Waals surface area contributed by atoms with E-state index >= 15 is 0 Å². The molecule has 1 amide bonds. The Kier molecular flexibility index (Phi) is 7.30. The van der Waals surface area contributed by atoms with Crippen LogP contribution in [-0.4, -0.2) is 39.8 Å². The first kappa shape index (κ1) is 23.9. The normalized spacial score (nSPS) is 11.3. The van der Waals surface area contributed by atoms with Crippen LogP contribution in [0.5, 0.6) is 17.2 Å². The number of halogens is 2. The summed E-state index contributed by atoms with van der Waals surface area (Å²) < 4.78 is 37.0. The standard InChI is InChI=1S/C22H20Cl2N2O5S/c1-26(2)32(28,29)21-12-14(4-10-18(21)24)22(27)25-19-13-15(23)5-11-20(19)31-17-8-6-16(30-3)7-9-17/h4-13H,1-3H3,(H,25,27). The fourth-order valence-corrected chi connectivity index (χ4v) is 4.26. The van der Waals surface area contributed by atoms with Crippen molar-refractivity contribution in [2.45, 2.75) is 4.90 Å². The predicted octanol–water partition coefficient (Wildman–Crippen LogP) is 5.30. The molecule has 7 nitrogen and oxygen atoms in total. The molecule has 0 radical (unpaired) electrons. The Balaban J connectivity index is 1.90. The van der Waals surface area contributed by atoms with E-state index < -0.39 is 15.9 Å². The molecular weight excluding hydrogens is 475 g/mol. The summed E-state index contributed by atoms with van der Waals surface area (Å²) in [6.45, 7) is 0. The van der Waals surface area contributed by atoms with Crippen LogP contribution in [0.2, 0.25) is 10.0 Å². The number of hydrogen-bond acceptors (Lipinski definition) is 5. The third-order valence-corrected chi connectivity index (χ3v) is 6.96. The molecule has 10 heteroatoms. The van der Waals surface area contributed by atoms with Gasteiger partial charge in [-0.3, -0.25) is 4.79 Å². The van der Waals surface area contributed by atoms with Gasteiger partial charge in [0.15, 0.2) is 5.75 Å². The molecule has 168 valence electrons. The quantitative estimate of drug-likeness (QED) is 0.481. The van der Waals surface area contributed by atoms with Gasteiger partial charge in [-0.05, 0) is 60.7 Å². The molecular formula is C22H20Cl2N2O5S. The monoisotopic (exact) mass is 494 g/mol. The highest BCUT2D eigenvalue weighted by Crippen LogP contribution is 2.33. The number of anilines is 1. The summed E-state index contributed by atoms with van der Waals surface area (Å²) in [5.41, 5.74) is 0.412. The van der Waals surface area contributed by atoms with E-state index in [2.05, 4.69) is 5.32 Å². The van der Waals surface area contributed by atoms with E-state index in [9.17, 15) is 13.2 Å². The zero-order valence-electron chi connectivity index (χ0n) is 17.4. The van der Waals surface area contributed by atoms with Crippen molar-refractivity contribution in [2.24, 2.45) is 0 Å². The Morgan fingerprint density at radius 2 is 1.59 bits per heavy atom. The van der Waals surface area contributed by atoms with E-state index in [1.54, 1.807) is 43.5 Å². The average molecular weight is 495 g/mol. The molecule has 3 aromatic carbocycles. The van der Waals surface area contributed by atoms with Gasteiger partial charge >= 0.3 is 0 Å². The van der Waals surface area contributed by atoms with Crippen LogP contribution in [0, 0.1) is 0 Å². The molecule has 0 aromatic heterocycles. The number of amides is 1. The second-order valence-corrected chi connectivity index (χ2v) is 9.77. The lowest BCUT2D eigenvalue weighted by Crippen LogP contribution is -2.23. The van der Waals surface area contributed by atoms with E-state index in [0.717, 1.165) is 4.31 Å². The molecule has 3 aromatic rings. The number of nitrogens with zero attached hydrogens (tertiary/aromatic N) is 1. The van der Waals surface area contributed by atoms with Gasteiger partial charge in [0.05, 0.1) is 17.8 Å². The number of benzene rings is 3. The molecule has 0 saturated heterocycles. The smallest absolute Gasteiger partial charge is 0.255 e. The Bertz CT molecular complexity index is 1250. The second-order valence-electron chi connectivity index (χ2n) is 6.80. The van der Waals surface area contributed by atoms with Crippen LogP contribution in [0.15, 0.2) is 65.6 Å². The SMILES string of the molecule is COc1ccc(Oc2ccc(Cl)cc2NC(=O)c2ccc(Cl)c(S(=O)(=O)N(C)C)c2)cc1. The van der Waals surface area contributed by atoms with Gasteiger partial charge in [-0.1, -0.05) is 23.2 Å². The predicted molar refractivity (Wildman–Crippen MR) is 125 cm³/mol. The van der Waals surface area contributed by atoms with Crippen molar-refractivity contribution in [3.8, 4) is 17.2 Å². The zero-order chi connectivity index (χ0) is 23.5.